The third-order valence-electron chi connectivity index (χ3n) is 4.27. The van der Waals surface area contributed by atoms with Gasteiger partial charge in [0.1, 0.15) is 18.0 Å². The molecule has 4 aromatic rings. The average molecular weight is 347 g/mol. The summed E-state index contributed by atoms with van der Waals surface area (Å²) in [5, 5.41) is 7.75. The molecule has 0 aliphatic heterocycles. The number of halogens is 1. The highest BCUT2D eigenvalue weighted by atomic mass is 19.1. The van der Waals surface area contributed by atoms with Gasteiger partial charge in [0.25, 0.3) is 5.78 Å². The van der Waals surface area contributed by atoms with Crippen LogP contribution >= 0.6 is 0 Å². The second kappa shape index (κ2) is 6.92. The lowest BCUT2D eigenvalue weighted by Gasteiger charge is -2.21. The highest BCUT2D eigenvalue weighted by Gasteiger charge is 2.17. The van der Waals surface area contributed by atoms with Gasteiger partial charge in [-0.1, -0.05) is 49.4 Å². The molecule has 26 heavy (non-hydrogen) atoms. The van der Waals surface area contributed by atoms with Crippen molar-refractivity contribution in [2.24, 2.45) is 0 Å². The van der Waals surface area contributed by atoms with E-state index in [1.54, 1.807) is 16.6 Å². The molecule has 2 aromatic heterocycles. The van der Waals surface area contributed by atoms with Crippen LogP contribution in [-0.4, -0.2) is 19.6 Å². The van der Waals surface area contributed by atoms with Crippen LogP contribution in [0, 0.1) is 5.82 Å². The van der Waals surface area contributed by atoms with E-state index in [4.69, 9.17) is 0 Å². The van der Waals surface area contributed by atoms with Gasteiger partial charge in [-0.2, -0.15) is 14.6 Å². The first-order valence-electron chi connectivity index (χ1n) is 8.51. The number of hydrogen-bond donors (Lipinski definition) is 1. The van der Waals surface area contributed by atoms with Crippen molar-refractivity contribution < 1.29 is 4.39 Å². The van der Waals surface area contributed by atoms with Gasteiger partial charge in [-0.3, -0.25) is 0 Å². The summed E-state index contributed by atoms with van der Waals surface area (Å²) in [5.41, 5.74) is 2.78. The minimum Gasteiger partial charge on any atom is -0.359 e. The summed E-state index contributed by atoms with van der Waals surface area (Å²) in [6, 6.07) is 18.3. The molecule has 130 valence electrons. The fourth-order valence-corrected chi connectivity index (χ4v) is 2.98. The Morgan fingerprint density at radius 3 is 2.62 bits per heavy atom. The summed E-state index contributed by atoms with van der Waals surface area (Å²) >= 11 is 0. The van der Waals surface area contributed by atoms with Crippen LogP contribution in [0.25, 0.3) is 5.78 Å². The summed E-state index contributed by atoms with van der Waals surface area (Å²) in [6.45, 7) is 2.04. The van der Waals surface area contributed by atoms with Crippen molar-refractivity contribution in [3.8, 4) is 0 Å². The van der Waals surface area contributed by atoms with E-state index < -0.39 is 0 Å². The van der Waals surface area contributed by atoms with Gasteiger partial charge in [0.15, 0.2) is 0 Å². The fraction of sp³-hybridized carbons (Fsp3) is 0.150. The van der Waals surface area contributed by atoms with Crippen LogP contribution in [0.3, 0.4) is 0 Å². The van der Waals surface area contributed by atoms with Crippen LogP contribution in [0.2, 0.25) is 0 Å². The van der Waals surface area contributed by atoms with Crippen LogP contribution in [0.5, 0.6) is 0 Å². The Hall–Kier alpha value is -3.28. The van der Waals surface area contributed by atoms with Crippen molar-refractivity contribution in [1.82, 2.24) is 19.6 Å². The number of anilines is 1. The number of nitrogens with one attached hydrogen (secondary N) is 1. The largest absolute Gasteiger partial charge is 0.359 e. The molecule has 0 aliphatic carbocycles. The summed E-state index contributed by atoms with van der Waals surface area (Å²) in [7, 11) is 0. The maximum atomic E-state index is 13.8. The van der Waals surface area contributed by atoms with Gasteiger partial charge < -0.3 is 5.32 Å². The van der Waals surface area contributed by atoms with Gasteiger partial charge in [-0.25, -0.2) is 9.37 Å². The van der Waals surface area contributed by atoms with Crippen LogP contribution < -0.4 is 5.32 Å². The van der Waals surface area contributed by atoms with Gasteiger partial charge in [0, 0.05) is 11.8 Å². The Morgan fingerprint density at radius 1 is 1.04 bits per heavy atom. The van der Waals surface area contributed by atoms with Crippen molar-refractivity contribution >= 4 is 11.6 Å². The molecular weight excluding hydrogens is 329 g/mol. The molecule has 0 radical (unpaired) electrons. The lowest BCUT2D eigenvalue weighted by atomic mass is 9.98. The van der Waals surface area contributed by atoms with Crippen LogP contribution in [-0.2, 0) is 6.42 Å². The molecule has 5 nitrogen and oxygen atoms in total. The summed E-state index contributed by atoms with van der Waals surface area (Å²) < 4.78 is 15.5. The first-order valence-corrected chi connectivity index (χ1v) is 8.51. The average Bonchev–Trinajstić information content (AvgIpc) is 3.15. The molecule has 1 unspecified atom stereocenters. The topological polar surface area (TPSA) is 55.1 Å². The van der Waals surface area contributed by atoms with E-state index >= 15 is 0 Å². The third-order valence-corrected chi connectivity index (χ3v) is 4.27. The highest BCUT2D eigenvalue weighted by Crippen LogP contribution is 2.27. The minimum absolute atomic E-state index is 0.230. The molecule has 2 aromatic carbocycles. The van der Waals surface area contributed by atoms with E-state index in [9.17, 15) is 4.39 Å². The number of fused-ring (bicyclic) bond motifs is 1. The number of benzene rings is 2. The van der Waals surface area contributed by atoms with Gasteiger partial charge in [-0.05, 0) is 29.7 Å². The number of rotatable bonds is 5. The number of nitrogens with zero attached hydrogens (tertiary/aromatic N) is 4. The zero-order chi connectivity index (χ0) is 17.9. The van der Waals surface area contributed by atoms with E-state index in [2.05, 4.69) is 20.4 Å². The van der Waals surface area contributed by atoms with Gasteiger partial charge in [0.2, 0.25) is 0 Å². The van der Waals surface area contributed by atoms with E-state index in [-0.39, 0.29) is 11.9 Å². The highest BCUT2D eigenvalue weighted by molar-refractivity contribution is 5.49. The third kappa shape index (κ3) is 3.13. The van der Waals surface area contributed by atoms with Crippen molar-refractivity contribution in [1.29, 1.82) is 0 Å². The maximum absolute atomic E-state index is 13.8. The fourth-order valence-electron chi connectivity index (χ4n) is 2.98. The second-order valence-electron chi connectivity index (χ2n) is 6.00. The standard InChI is InChI=1S/C20H18FN5/c1-2-17-12-18(26-20(24-17)22-13-23-26)25-19(14-7-4-3-5-8-14)15-9-6-10-16(21)11-15/h3-13,19,25H,2H2,1H3. The van der Waals surface area contributed by atoms with Crippen LogP contribution in [0.15, 0.2) is 67.0 Å². The lowest BCUT2D eigenvalue weighted by molar-refractivity contribution is 0.624. The molecule has 0 aliphatic rings. The normalized spacial score (nSPS) is 12.2. The predicted molar refractivity (Wildman–Crippen MR) is 98.5 cm³/mol. The maximum Gasteiger partial charge on any atom is 0.254 e. The number of aryl methyl sites for hydroxylation is 1. The Morgan fingerprint density at radius 2 is 1.85 bits per heavy atom. The van der Waals surface area contributed by atoms with E-state index in [0.717, 1.165) is 29.1 Å². The molecular formula is C20H18FN5. The molecule has 0 spiro atoms. The van der Waals surface area contributed by atoms with E-state index in [1.807, 2.05) is 49.4 Å². The molecule has 2 heterocycles. The molecule has 0 amide bonds. The quantitative estimate of drug-likeness (QED) is 0.592. The molecule has 0 saturated carbocycles. The summed E-state index contributed by atoms with van der Waals surface area (Å²) in [6.07, 6.45) is 2.26. The molecule has 6 heteroatoms. The molecule has 4 rings (SSSR count). The van der Waals surface area contributed by atoms with Crippen LogP contribution in [0.1, 0.15) is 29.8 Å². The monoisotopic (exact) mass is 347 g/mol. The Labute approximate surface area is 150 Å². The second-order valence-corrected chi connectivity index (χ2v) is 6.00. The molecule has 1 atom stereocenters. The first kappa shape index (κ1) is 16.2. The molecule has 0 fully saturated rings. The first-order chi connectivity index (χ1) is 12.7. The van der Waals surface area contributed by atoms with Crippen LogP contribution in [0.4, 0.5) is 10.2 Å². The van der Waals surface area contributed by atoms with E-state index in [0.29, 0.717) is 5.78 Å². The van der Waals surface area contributed by atoms with E-state index in [1.165, 1.54) is 12.4 Å². The van der Waals surface area contributed by atoms with Gasteiger partial charge in [-0.15, -0.1) is 0 Å². The Balaban J connectivity index is 1.82. The van der Waals surface area contributed by atoms with Crippen molar-refractivity contribution in [2.75, 3.05) is 5.32 Å². The predicted octanol–water partition coefficient (Wildman–Crippen LogP) is 4.03. The SMILES string of the molecule is CCc1cc(NC(c2ccccc2)c2cccc(F)c2)n2ncnc2n1. The van der Waals surface area contributed by atoms with Crippen molar-refractivity contribution in [3.63, 3.8) is 0 Å². The van der Waals surface area contributed by atoms with Gasteiger partial charge in [0.05, 0.1) is 6.04 Å². The van der Waals surface area contributed by atoms with Crippen molar-refractivity contribution in [2.45, 2.75) is 19.4 Å². The minimum atomic E-state index is -0.264. The number of aromatic nitrogens is 4. The van der Waals surface area contributed by atoms with Gasteiger partial charge >= 0.3 is 0 Å². The molecule has 1 N–H and O–H groups in total. The Kier molecular flexibility index (Phi) is 4.31. The summed E-state index contributed by atoms with van der Waals surface area (Å²) in [5.74, 6) is 1.04. The summed E-state index contributed by atoms with van der Waals surface area (Å²) in [4.78, 5) is 8.67. The Bertz CT molecular complexity index is 1030. The van der Waals surface area contributed by atoms with Crippen molar-refractivity contribution in [3.05, 3.63) is 89.6 Å². The molecule has 0 saturated heterocycles. The zero-order valence-corrected chi connectivity index (χ0v) is 14.3. The number of hydrogen-bond acceptors (Lipinski definition) is 4. The zero-order valence-electron chi connectivity index (χ0n) is 14.3. The smallest absolute Gasteiger partial charge is 0.254 e. The lowest BCUT2D eigenvalue weighted by Crippen LogP contribution is -2.16. The molecule has 0 bridgehead atoms.